The lowest BCUT2D eigenvalue weighted by Gasteiger charge is -2.33. The molecule has 4 rings (SSSR count). The molecule has 0 bridgehead atoms. The van der Waals surface area contributed by atoms with Gasteiger partial charge in [-0.3, -0.25) is 14.6 Å². The van der Waals surface area contributed by atoms with Crippen molar-refractivity contribution in [1.82, 2.24) is 15.2 Å². The average Bonchev–Trinajstić information content (AvgIpc) is 3.05. The normalized spacial score (nSPS) is 16.8. The summed E-state index contributed by atoms with van der Waals surface area (Å²) < 4.78 is 19.7. The van der Waals surface area contributed by atoms with Gasteiger partial charge < -0.3 is 15.0 Å². The summed E-state index contributed by atoms with van der Waals surface area (Å²) in [5.41, 5.74) is 0.351. The van der Waals surface area contributed by atoms with Crippen LogP contribution >= 0.6 is 0 Å². The zero-order chi connectivity index (χ0) is 24.1. The Morgan fingerprint density at radius 2 is 2.00 bits per heavy atom. The molecule has 7 heteroatoms. The molecule has 1 N–H and O–H groups in total. The quantitative estimate of drug-likeness (QED) is 0.607. The van der Waals surface area contributed by atoms with Crippen molar-refractivity contribution >= 4 is 22.6 Å². The fourth-order valence-corrected chi connectivity index (χ4v) is 4.44. The van der Waals surface area contributed by atoms with E-state index in [1.165, 1.54) is 11.6 Å². The van der Waals surface area contributed by atoms with Gasteiger partial charge in [0.1, 0.15) is 11.4 Å². The Balaban J connectivity index is 1.40. The Kier molecular flexibility index (Phi) is 7.22. The minimum Gasteiger partial charge on any atom is -0.379 e. The third-order valence-corrected chi connectivity index (χ3v) is 6.15. The Hall–Kier alpha value is -3.32. The van der Waals surface area contributed by atoms with E-state index in [1.807, 2.05) is 12.3 Å². The molecule has 178 valence electrons. The number of fused-ring (bicyclic) bond motifs is 1. The molecule has 2 heterocycles. The van der Waals surface area contributed by atoms with Gasteiger partial charge in [-0.2, -0.15) is 0 Å². The van der Waals surface area contributed by atoms with Crippen LogP contribution in [-0.4, -0.2) is 53.5 Å². The number of carbonyl (C=O) groups is 2. The van der Waals surface area contributed by atoms with Crippen LogP contribution in [0, 0.1) is 11.7 Å². The third-order valence-electron chi connectivity index (χ3n) is 6.15. The van der Waals surface area contributed by atoms with Crippen molar-refractivity contribution < 1.29 is 18.7 Å². The molecule has 0 spiro atoms. The number of hydrogen-bond donors (Lipinski definition) is 1. The van der Waals surface area contributed by atoms with Crippen molar-refractivity contribution in [3.05, 3.63) is 77.9 Å². The van der Waals surface area contributed by atoms with Gasteiger partial charge in [0.25, 0.3) is 0 Å². The van der Waals surface area contributed by atoms with Crippen molar-refractivity contribution in [3.8, 4) is 0 Å². The summed E-state index contributed by atoms with van der Waals surface area (Å²) in [6.07, 6.45) is 4.28. The van der Waals surface area contributed by atoms with Crippen LogP contribution in [-0.2, 0) is 27.2 Å². The summed E-state index contributed by atoms with van der Waals surface area (Å²) in [5.74, 6) is -0.868. The maximum atomic E-state index is 13.9. The molecule has 0 radical (unpaired) electrons. The minimum atomic E-state index is -1.12. The van der Waals surface area contributed by atoms with Gasteiger partial charge in [-0.25, -0.2) is 4.39 Å². The van der Waals surface area contributed by atoms with Crippen LogP contribution in [0.25, 0.3) is 10.8 Å². The molecule has 2 aromatic carbocycles. The fraction of sp³-hybridized carbons (Fsp3) is 0.370. The number of hydrogen-bond acceptors (Lipinski definition) is 4. The number of nitrogens with one attached hydrogen (secondary N) is 1. The second kappa shape index (κ2) is 10.3. The number of aromatic nitrogens is 1. The summed E-state index contributed by atoms with van der Waals surface area (Å²) in [6.45, 7) is 5.38. The fourth-order valence-electron chi connectivity index (χ4n) is 4.44. The largest absolute Gasteiger partial charge is 0.379 e. The first-order valence-electron chi connectivity index (χ1n) is 11.6. The van der Waals surface area contributed by atoms with Gasteiger partial charge in [-0.1, -0.05) is 30.3 Å². The molecule has 0 unspecified atom stereocenters. The highest BCUT2D eigenvalue weighted by molar-refractivity contribution is 5.91. The van der Waals surface area contributed by atoms with Crippen LogP contribution in [0.1, 0.15) is 25.0 Å². The number of nitrogens with zero attached hydrogens (tertiary/aromatic N) is 2. The van der Waals surface area contributed by atoms with Gasteiger partial charge in [0.15, 0.2) is 0 Å². The molecule has 0 aliphatic carbocycles. The first kappa shape index (κ1) is 23.8. The molecule has 0 saturated carbocycles. The lowest BCUT2D eigenvalue weighted by Crippen LogP contribution is -2.57. The lowest BCUT2D eigenvalue weighted by molar-refractivity contribution is -0.140. The molecule has 3 aromatic rings. The zero-order valence-corrected chi connectivity index (χ0v) is 19.6. The standard InChI is InChI=1S/C27H30FN3O3/c1-27(2,30-25(32)15-22-5-3-4-6-24(22)28)26(33)31-11-12-34-18-20(17-31)13-19-7-8-21-9-10-29-16-23(21)14-19/h3-10,14,16,20H,11-13,15,17-18H2,1-2H3,(H,30,32)/t20-/m0/s1. The Labute approximate surface area is 199 Å². The van der Waals surface area contributed by atoms with Crippen molar-refractivity contribution in [3.63, 3.8) is 0 Å². The van der Waals surface area contributed by atoms with Crippen molar-refractivity contribution in [2.45, 2.75) is 32.2 Å². The number of rotatable bonds is 6. The SMILES string of the molecule is CC(C)(NC(=O)Cc1ccccc1F)C(=O)N1CCOC[C@@H](Cc2ccc3ccncc3c2)C1. The predicted octanol–water partition coefficient (Wildman–Crippen LogP) is 3.53. The highest BCUT2D eigenvalue weighted by Gasteiger charge is 2.35. The number of benzene rings is 2. The summed E-state index contributed by atoms with van der Waals surface area (Å²) in [4.78, 5) is 31.9. The Morgan fingerprint density at radius 3 is 2.82 bits per heavy atom. The first-order chi connectivity index (χ1) is 16.3. The van der Waals surface area contributed by atoms with E-state index in [9.17, 15) is 14.0 Å². The maximum absolute atomic E-state index is 13.9. The second-order valence-corrected chi connectivity index (χ2v) is 9.39. The van der Waals surface area contributed by atoms with Crippen molar-refractivity contribution in [2.24, 2.45) is 5.92 Å². The number of carbonyl (C=O) groups excluding carboxylic acids is 2. The summed E-state index contributed by atoms with van der Waals surface area (Å²) in [7, 11) is 0. The van der Waals surface area contributed by atoms with Crippen LogP contribution in [0.2, 0.25) is 0 Å². The van der Waals surface area contributed by atoms with E-state index in [1.54, 1.807) is 43.1 Å². The third kappa shape index (κ3) is 5.78. The molecule has 6 nitrogen and oxygen atoms in total. The van der Waals surface area contributed by atoms with E-state index in [0.717, 1.165) is 17.2 Å². The summed E-state index contributed by atoms with van der Waals surface area (Å²) >= 11 is 0. The molecule has 1 aromatic heterocycles. The van der Waals surface area contributed by atoms with Gasteiger partial charge in [0.2, 0.25) is 11.8 Å². The highest BCUT2D eigenvalue weighted by atomic mass is 19.1. The van der Waals surface area contributed by atoms with Crippen LogP contribution in [0.3, 0.4) is 0 Å². The van der Waals surface area contributed by atoms with Gasteiger partial charge in [0.05, 0.1) is 19.6 Å². The monoisotopic (exact) mass is 463 g/mol. The second-order valence-electron chi connectivity index (χ2n) is 9.39. The number of pyridine rings is 1. The predicted molar refractivity (Wildman–Crippen MR) is 129 cm³/mol. The summed E-state index contributed by atoms with van der Waals surface area (Å²) in [5, 5.41) is 5.01. The van der Waals surface area contributed by atoms with Gasteiger partial charge in [0, 0.05) is 36.8 Å². The zero-order valence-electron chi connectivity index (χ0n) is 19.6. The number of ether oxygens (including phenoxy) is 1. The molecule has 34 heavy (non-hydrogen) atoms. The molecular formula is C27H30FN3O3. The van der Waals surface area contributed by atoms with Crippen LogP contribution < -0.4 is 5.32 Å². The molecular weight excluding hydrogens is 433 g/mol. The molecule has 1 aliphatic rings. The lowest BCUT2D eigenvalue weighted by atomic mass is 9.96. The van der Waals surface area contributed by atoms with Crippen LogP contribution in [0.4, 0.5) is 4.39 Å². The number of halogens is 1. The van der Waals surface area contributed by atoms with Crippen molar-refractivity contribution in [2.75, 3.05) is 26.3 Å². The van der Waals surface area contributed by atoms with Crippen LogP contribution in [0.5, 0.6) is 0 Å². The van der Waals surface area contributed by atoms with E-state index in [-0.39, 0.29) is 18.2 Å². The molecule has 1 saturated heterocycles. The molecule has 2 amide bonds. The summed E-state index contributed by atoms with van der Waals surface area (Å²) in [6, 6.07) is 14.5. The Morgan fingerprint density at radius 1 is 1.18 bits per heavy atom. The molecule has 1 fully saturated rings. The topological polar surface area (TPSA) is 71.5 Å². The van der Waals surface area contributed by atoms with E-state index in [4.69, 9.17) is 4.74 Å². The molecule has 1 aliphatic heterocycles. The van der Waals surface area contributed by atoms with E-state index in [2.05, 4.69) is 28.5 Å². The van der Waals surface area contributed by atoms with E-state index in [0.29, 0.717) is 31.9 Å². The first-order valence-corrected chi connectivity index (χ1v) is 11.6. The van der Waals surface area contributed by atoms with E-state index < -0.39 is 17.3 Å². The van der Waals surface area contributed by atoms with Gasteiger partial charge in [-0.05, 0) is 55.0 Å². The highest BCUT2D eigenvalue weighted by Crippen LogP contribution is 2.21. The smallest absolute Gasteiger partial charge is 0.247 e. The minimum absolute atomic E-state index is 0.119. The molecule has 1 atom stereocenters. The van der Waals surface area contributed by atoms with Gasteiger partial charge >= 0.3 is 0 Å². The van der Waals surface area contributed by atoms with E-state index >= 15 is 0 Å². The Bertz CT molecular complexity index is 1180. The number of amides is 2. The maximum Gasteiger partial charge on any atom is 0.247 e. The van der Waals surface area contributed by atoms with Crippen molar-refractivity contribution in [1.29, 1.82) is 0 Å². The van der Waals surface area contributed by atoms with Crippen LogP contribution in [0.15, 0.2) is 60.9 Å². The van der Waals surface area contributed by atoms with Gasteiger partial charge in [-0.15, -0.1) is 0 Å². The average molecular weight is 464 g/mol.